The van der Waals surface area contributed by atoms with Crippen molar-refractivity contribution >= 4 is 24.0 Å². The number of fused-ring (bicyclic) bond motifs is 1. The predicted octanol–water partition coefficient (Wildman–Crippen LogP) is 9.55. The number of amides is 4. The molecule has 14 heteroatoms. The standard InChI is InChI=1S/C53H64N8O6/c1-31(2)45(58-51(64)66-5)49(62)60-25-9-11-43(60)47-54-29-41(56-47)35-17-13-33(14-18-35)37-21-22-38(40-28-53(27-39(37)40)23-7-8-24-53)34-15-19-36(20-16-34)42-30-55-48(57-42)44-12-10-26-61(44)50(63)46(32(3)4)59-52(65)67-6/h13-22,29-32,43-46H,7-12,23-28H2,1-6H3,(H,54,56)(H,55,57)(H,58,64)(H,59,65)/t43-,44-,45-,46?/m0/s1. The lowest BCUT2D eigenvalue weighted by Gasteiger charge is -2.30. The first-order chi connectivity index (χ1) is 32.4. The molecule has 4 aliphatic rings. The minimum Gasteiger partial charge on any atom is -0.453 e. The largest absolute Gasteiger partial charge is 0.453 e. The molecule has 1 unspecified atom stereocenters. The zero-order valence-electron chi connectivity index (χ0n) is 39.6. The molecule has 67 heavy (non-hydrogen) atoms. The van der Waals surface area contributed by atoms with Crippen LogP contribution in [0.3, 0.4) is 0 Å². The number of rotatable bonds is 12. The average Bonchev–Trinajstić information content (AvgIpc) is 4.21. The van der Waals surface area contributed by atoms with Crippen LogP contribution >= 0.6 is 0 Å². The first-order valence-electron chi connectivity index (χ1n) is 24.1. The maximum atomic E-state index is 13.7. The molecule has 3 fully saturated rings. The number of nitrogens with one attached hydrogen (secondary N) is 4. The van der Waals surface area contributed by atoms with Gasteiger partial charge in [0.15, 0.2) is 0 Å². The zero-order valence-corrected chi connectivity index (χ0v) is 39.6. The van der Waals surface area contributed by atoms with E-state index in [1.165, 1.54) is 73.3 Å². The summed E-state index contributed by atoms with van der Waals surface area (Å²) in [6.45, 7) is 8.88. The van der Waals surface area contributed by atoms with E-state index in [1.807, 2.05) is 49.9 Å². The number of ether oxygens (including phenoxy) is 2. The molecule has 3 aromatic carbocycles. The van der Waals surface area contributed by atoms with Gasteiger partial charge in [-0.1, -0.05) is 101 Å². The number of hydrogen-bond donors (Lipinski definition) is 4. The van der Waals surface area contributed by atoms with E-state index in [0.29, 0.717) is 18.5 Å². The van der Waals surface area contributed by atoms with E-state index in [2.05, 4.69) is 81.3 Å². The van der Waals surface area contributed by atoms with Crippen LogP contribution in [0.15, 0.2) is 73.1 Å². The molecule has 5 aromatic rings. The van der Waals surface area contributed by atoms with Gasteiger partial charge in [0.2, 0.25) is 11.8 Å². The van der Waals surface area contributed by atoms with Crippen molar-refractivity contribution in [1.29, 1.82) is 0 Å². The van der Waals surface area contributed by atoms with Crippen molar-refractivity contribution in [2.75, 3.05) is 27.3 Å². The molecule has 0 radical (unpaired) electrons. The van der Waals surface area contributed by atoms with Crippen molar-refractivity contribution in [2.24, 2.45) is 17.3 Å². The summed E-state index contributed by atoms with van der Waals surface area (Å²) in [6.07, 6.45) is 13.1. The van der Waals surface area contributed by atoms with Crippen molar-refractivity contribution in [3.05, 3.63) is 95.8 Å². The zero-order chi connectivity index (χ0) is 47.0. The highest BCUT2D eigenvalue weighted by atomic mass is 16.5. The SMILES string of the molecule is COC(=O)NC(C(=O)N1CCC[C@H]1c1ncc(-c2ccc(-c3ccc(-c4ccc(-c5cnc([C@@H]6CCCN6C(=O)[C@@H](NC(=O)OC)C(C)C)[nH]5)cc4)c4c3CC3(CCCC3)C4)cc2)[nH]1)C(C)C. The van der Waals surface area contributed by atoms with E-state index < -0.39 is 24.3 Å². The van der Waals surface area contributed by atoms with Crippen LogP contribution in [0.5, 0.6) is 0 Å². The summed E-state index contributed by atoms with van der Waals surface area (Å²) in [5.41, 5.74) is 12.1. The van der Waals surface area contributed by atoms with Crippen LogP contribution in [0.25, 0.3) is 44.8 Å². The van der Waals surface area contributed by atoms with Gasteiger partial charge in [0.25, 0.3) is 0 Å². The van der Waals surface area contributed by atoms with Gasteiger partial charge in [0.05, 0.1) is 50.1 Å². The molecule has 9 rings (SSSR count). The fraction of sp³-hybridized carbons (Fsp3) is 0.472. The summed E-state index contributed by atoms with van der Waals surface area (Å²) in [4.78, 5) is 71.8. The number of H-pyrrole nitrogens is 2. The fourth-order valence-corrected chi connectivity index (χ4v) is 11.3. The molecule has 4 heterocycles. The fourth-order valence-electron chi connectivity index (χ4n) is 11.3. The minimum atomic E-state index is -0.684. The Hall–Kier alpha value is -6.44. The number of imidazole rings is 2. The van der Waals surface area contributed by atoms with Gasteiger partial charge in [-0.25, -0.2) is 19.6 Å². The Balaban J connectivity index is 0.926. The van der Waals surface area contributed by atoms with E-state index in [4.69, 9.17) is 19.4 Å². The highest BCUT2D eigenvalue weighted by Crippen LogP contribution is 2.53. The maximum Gasteiger partial charge on any atom is 0.407 e. The summed E-state index contributed by atoms with van der Waals surface area (Å²) in [7, 11) is 2.61. The summed E-state index contributed by atoms with van der Waals surface area (Å²) in [5, 5.41) is 5.46. The van der Waals surface area contributed by atoms with Crippen LogP contribution < -0.4 is 10.6 Å². The number of aromatic nitrogens is 4. The van der Waals surface area contributed by atoms with Crippen LogP contribution in [0, 0.1) is 17.3 Å². The first kappa shape index (κ1) is 45.7. The molecule has 352 valence electrons. The number of nitrogens with zero attached hydrogens (tertiary/aromatic N) is 4. The molecule has 2 aromatic heterocycles. The topological polar surface area (TPSA) is 175 Å². The smallest absolute Gasteiger partial charge is 0.407 e. The lowest BCUT2D eigenvalue weighted by Crippen LogP contribution is -2.51. The van der Waals surface area contributed by atoms with Crippen LogP contribution in [0.2, 0.25) is 0 Å². The molecule has 2 aliphatic carbocycles. The number of hydrogen-bond acceptors (Lipinski definition) is 8. The number of aromatic amines is 2. The Morgan fingerprint density at radius 1 is 0.597 bits per heavy atom. The Kier molecular flexibility index (Phi) is 13.0. The average molecular weight is 909 g/mol. The van der Waals surface area contributed by atoms with Crippen molar-refractivity contribution in [3.8, 4) is 44.8 Å². The lowest BCUT2D eigenvalue weighted by atomic mass is 9.82. The number of carbonyl (C=O) groups excluding carboxylic acids is 4. The summed E-state index contributed by atoms with van der Waals surface area (Å²) in [6, 6.07) is 20.4. The van der Waals surface area contributed by atoms with Crippen molar-refractivity contribution < 1.29 is 28.7 Å². The van der Waals surface area contributed by atoms with Gasteiger partial charge in [0.1, 0.15) is 23.7 Å². The number of likely N-dealkylation sites (tertiary alicyclic amines) is 2. The highest BCUT2D eigenvalue weighted by Gasteiger charge is 2.42. The van der Waals surface area contributed by atoms with Crippen LogP contribution in [0.4, 0.5) is 9.59 Å². The van der Waals surface area contributed by atoms with Gasteiger partial charge in [0, 0.05) is 13.1 Å². The van der Waals surface area contributed by atoms with E-state index in [1.54, 1.807) is 0 Å². The quantitative estimate of drug-likeness (QED) is 0.0958. The van der Waals surface area contributed by atoms with E-state index >= 15 is 0 Å². The number of alkyl carbamates (subject to hydrolysis) is 2. The number of benzene rings is 3. The molecule has 14 nitrogen and oxygen atoms in total. The van der Waals surface area contributed by atoms with E-state index in [0.717, 1.165) is 72.7 Å². The molecular weight excluding hydrogens is 845 g/mol. The third-order valence-corrected chi connectivity index (χ3v) is 14.9. The van der Waals surface area contributed by atoms with Gasteiger partial charge in [-0.05, 0) is 113 Å². The monoisotopic (exact) mass is 908 g/mol. The first-order valence-corrected chi connectivity index (χ1v) is 24.1. The second-order valence-electron chi connectivity index (χ2n) is 19.8. The third-order valence-electron chi connectivity index (χ3n) is 14.9. The van der Waals surface area contributed by atoms with Crippen molar-refractivity contribution in [1.82, 2.24) is 40.4 Å². The van der Waals surface area contributed by atoms with Crippen LogP contribution in [-0.2, 0) is 31.9 Å². The van der Waals surface area contributed by atoms with Crippen molar-refractivity contribution in [2.45, 2.75) is 116 Å². The molecule has 2 saturated heterocycles. The normalized spacial score (nSPS) is 19.5. The summed E-state index contributed by atoms with van der Waals surface area (Å²) in [5.74, 6) is 1.05. The molecule has 1 saturated carbocycles. The molecule has 4 atom stereocenters. The Labute approximate surface area is 393 Å². The summed E-state index contributed by atoms with van der Waals surface area (Å²) < 4.78 is 9.61. The highest BCUT2D eigenvalue weighted by molar-refractivity contribution is 5.87. The molecular formula is C53H64N8O6. The predicted molar refractivity (Wildman–Crippen MR) is 256 cm³/mol. The van der Waals surface area contributed by atoms with Crippen LogP contribution in [0.1, 0.15) is 114 Å². The van der Waals surface area contributed by atoms with Gasteiger partial charge < -0.3 is 39.9 Å². The van der Waals surface area contributed by atoms with E-state index in [-0.39, 0.29) is 35.7 Å². The molecule has 0 bridgehead atoms. The Morgan fingerprint density at radius 3 is 1.36 bits per heavy atom. The maximum absolute atomic E-state index is 13.7. The third kappa shape index (κ3) is 9.06. The molecule has 1 spiro atoms. The lowest BCUT2D eigenvalue weighted by molar-refractivity contribution is -0.136. The minimum absolute atomic E-state index is 0.102. The Morgan fingerprint density at radius 2 is 0.985 bits per heavy atom. The number of methoxy groups -OCH3 is 2. The second kappa shape index (κ2) is 19.0. The van der Waals surface area contributed by atoms with Gasteiger partial charge in [-0.15, -0.1) is 0 Å². The van der Waals surface area contributed by atoms with Gasteiger partial charge in [-0.3, -0.25) is 9.59 Å². The van der Waals surface area contributed by atoms with Crippen molar-refractivity contribution in [3.63, 3.8) is 0 Å². The van der Waals surface area contributed by atoms with Gasteiger partial charge >= 0.3 is 12.2 Å². The molecule has 2 aliphatic heterocycles. The molecule has 4 amide bonds. The Bertz CT molecular complexity index is 2440. The van der Waals surface area contributed by atoms with Gasteiger partial charge in [-0.2, -0.15) is 0 Å². The summed E-state index contributed by atoms with van der Waals surface area (Å²) >= 11 is 0. The van der Waals surface area contributed by atoms with Crippen LogP contribution in [-0.4, -0.2) is 93.1 Å². The second-order valence-corrected chi connectivity index (χ2v) is 19.8. The molecule has 4 N–H and O–H groups in total. The number of carbonyl (C=O) groups is 4. The van der Waals surface area contributed by atoms with E-state index in [9.17, 15) is 19.2 Å².